The molecule has 0 spiro atoms. The predicted molar refractivity (Wildman–Crippen MR) is 74.4 cm³/mol. The van der Waals surface area contributed by atoms with Crippen molar-refractivity contribution in [1.29, 1.82) is 0 Å². The number of amides is 2. The molecule has 0 fully saturated rings. The summed E-state index contributed by atoms with van der Waals surface area (Å²) in [5.41, 5.74) is 5.93. The van der Waals surface area contributed by atoms with Crippen LogP contribution in [0.1, 0.15) is 10.4 Å². The number of methoxy groups -OCH3 is 1. The number of nitrogens with one attached hydrogen (secondary N) is 1. The maximum absolute atomic E-state index is 12.0. The van der Waals surface area contributed by atoms with Gasteiger partial charge in [0, 0.05) is 26.3 Å². The van der Waals surface area contributed by atoms with Gasteiger partial charge in [-0.15, -0.1) is 0 Å². The van der Waals surface area contributed by atoms with Crippen molar-refractivity contribution in [2.24, 2.45) is 0 Å². The number of nitrogens with two attached hydrogens (primary N) is 1. The van der Waals surface area contributed by atoms with Crippen molar-refractivity contribution < 1.29 is 19.4 Å². The molecule has 4 N–H and O–H groups in total. The number of likely N-dealkylation sites (N-methyl/N-ethyl adjacent to an activating group) is 1. The van der Waals surface area contributed by atoms with Crippen LogP contribution in [0, 0.1) is 0 Å². The topological polar surface area (TPSA) is 105 Å². The maximum atomic E-state index is 12.0. The number of rotatable bonds is 6. The van der Waals surface area contributed by atoms with Crippen molar-refractivity contribution in [3.63, 3.8) is 0 Å². The molecule has 1 aromatic rings. The van der Waals surface area contributed by atoms with Gasteiger partial charge in [-0.2, -0.15) is 0 Å². The van der Waals surface area contributed by atoms with Crippen LogP contribution in [0.15, 0.2) is 18.2 Å². The number of hydrogen-bond donors (Lipinski definition) is 3. The minimum absolute atomic E-state index is 0.0757. The highest BCUT2D eigenvalue weighted by Crippen LogP contribution is 2.21. The summed E-state index contributed by atoms with van der Waals surface area (Å²) in [6.45, 7) is 0.725. The van der Waals surface area contributed by atoms with E-state index in [-0.39, 0.29) is 35.4 Å². The zero-order chi connectivity index (χ0) is 15.1. The zero-order valence-corrected chi connectivity index (χ0v) is 11.5. The Kier molecular flexibility index (Phi) is 5.79. The number of hydrogen-bond acceptors (Lipinski definition) is 5. The molecule has 0 aliphatic heterocycles. The highest BCUT2D eigenvalue weighted by molar-refractivity contribution is 5.97. The van der Waals surface area contributed by atoms with E-state index >= 15 is 0 Å². The zero-order valence-electron chi connectivity index (χ0n) is 11.5. The van der Waals surface area contributed by atoms with Crippen LogP contribution in [-0.4, -0.2) is 55.7 Å². The highest BCUT2D eigenvalue weighted by Gasteiger charge is 2.15. The molecule has 110 valence electrons. The number of carbonyl (C=O) groups is 2. The van der Waals surface area contributed by atoms with Gasteiger partial charge in [0.05, 0.1) is 18.8 Å². The van der Waals surface area contributed by atoms with Gasteiger partial charge in [0.2, 0.25) is 5.91 Å². The SMILES string of the molecule is COCCNC(=O)CN(C)C(=O)c1ccc(N)c(O)c1. The van der Waals surface area contributed by atoms with E-state index < -0.39 is 0 Å². The summed E-state index contributed by atoms with van der Waals surface area (Å²) in [6, 6.07) is 4.21. The molecule has 0 atom stereocenters. The Morgan fingerprint density at radius 3 is 2.75 bits per heavy atom. The standard InChI is InChI=1S/C13H19N3O4/c1-16(8-12(18)15-5-6-20-2)13(19)9-3-4-10(14)11(17)7-9/h3-4,7,17H,5-6,8,14H2,1-2H3,(H,15,18). The van der Waals surface area contributed by atoms with E-state index in [9.17, 15) is 14.7 Å². The lowest BCUT2D eigenvalue weighted by atomic mass is 10.1. The molecule has 1 aromatic carbocycles. The normalized spacial score (nSPS) is 10.1. The number of phenols is 1. The second-order valence-electron chi connectivity index (χ2n) is 4.28. The number of anilines is 1. The highest BCUT2D eigenvalue weighted by atomic mass is 16.5. The summed E-state index contributed by atoms with van der Waals surface area (Å²) < 4.78 is 4.80. The molecule has 20 heavy (non-hydrogen) atoms. The number of benzene rings is 1. The molecule has 7 nitrogen and oxygen atoms in total. The summed E-state index contributed by atoms with van der Waals surface area (Å²) in [4.78, 5) is 24.9. The van der Waals surface area contributed by atoms with Crippen LogP contribution in [0.4, 0.5) is 5.69 Å². The number of nitrogen functional groups attached to an aromatic ring is 1. The maximum Gasteiger partial charge on any atom is 0.254 e. The third-order valence-electron chi connectivity index (χ3n) is 2.63. The summed E-state index contributed by atoms with van der Waals surface area (Å²) in [6.07, 6.45) is 0. The second-order valence-corrected chi connectivity index (χ2v) is 4.28. The summed E-state index contributed by atoms with van der Waals surface area (Å²) in [5, 5.41) is 12.1. The molecule has 0 radical (unpaired) electrons. The van der Waals surface area contributed by atoms with E-state index in [0.717, 1.165) is 0 Å². The Balaban J connectivity index is 2.58. The van der Waals surface area contributed by atoms with Crippen molar-refractivity contribution >= 4 is 17.5 Å². The van der Waals surface area contributed by atoms with Gasteiger partial charge in [0.1, 0.15) is 5.75 Å². The van der Waals surface area contributed by atoms with Crippen molar-refractivity contribution in [2.75, 3.05) is 39.6 Å². The number of carbonyl (C=O) groups excluding carboxylic acids is 2. The lowest BCUT2D eigenvalue weighted by Crippen LogP contribution is -2.39. The monoisotopic (exact) mass is 281 g/mol. The number of aromatic hydroxyl groups is 1. The Hall–Kier alpha value is -2.28. The number of nitrogens with zero attached hydrogens (tertiary/aromatic N) is 1. The summed E-state index contributed by atoms with van der Waals surface area (Å²) >= 11 is 0. The molecule has 0 heterocycles. The van der Waals surface area contributed by atoms with Crippen LogP contribution in [0.5, 0.6) is 5.75 Å². The molecule has 1 rings (SSSR count). The minimum Gasteiger partial charge on any atom is -0.506 e. The van der Waals surface area contributed by atoms with Crippen molar-refractivity contribution in [3.8, 4) is 5.75 Å². The van der Waals surface area contributed by atoms with Crippen LogP contribution in [-0.2, 0) is 9.53 Å². The molecule has 0 unspecified atom stereocenters. The van der Waals surface area contributed by atoms with Crippen LogP contribution in [0.3, 0.4) is 0 Å². The Bertz CT molecular complexity index is 491. The van der Waals surface area contributed by atoms with Crippen LogP contribution >= 0.6 is 0 Å². The Morgan fingerprint density at radius 2 is 2.15 bits per heavy atom. The van der Waals surface area contributed by atoms with Crippen LogP contribution in [0.25, 0.3) is 0 Å². The third kappa shape index (κ3) is 4.43. The average Bonchev–Trinajstić information content (AvgIpc) is 2.41. The summed E-state index contributed by atoms with van der Waals surface area (Å²) in [7, 11) is 3.04. The molecule has 0 aliphatic carbocycles. The third-order valence-corrected chi connectivity index (χ3v) is 2.63. The fourth-order valence-corrected chi connectivity index (χ4v) is 1.53. The first-order chi connectivity index (χ1) is 9.45. The predicted octanol–water partition coefficient (Wildman–Crippen LogP) is -0.191. The van der Waals surface area contributed by atoms with Crippen molar-refractivity contribution in [2.45, 2.75) is 0 Å². The first-order valence-corrected chi connectivity index (χ1v) is 6.05. The molecule has 0 bridgehead atoms. The Labute approximate surface area is 117 Å². The molecule has 2 amide bonds. The quantitative estimate of drug-likeness (QED) is 0.381. The lowest BCUT2D eigenvalue weighted by molar-refractivity contribution is -0.121. The lowest BCUT2D eigenvalue weighted by Gasteiger charge is -2.17. The number of phenolic OH excluding ortho intramolecular Hbond substituents is 1. The molecule has 0 aliphatic rings. The van der Waals surface area contributed by atoms with Crippen molar-refractivity contribution in [3.05, 3.63) is 23.8 Å². The van der Waals surface area contributed by atoms with Gasteiger partial charge in [-0.05, 0) is 18.2 Å². The van der Waals surface area contributed by atoms with Gasteiger partial charge < -0.3 is 25.8 Å². The van der Waals surface area contributed by atoms with E-state index in [4.69, 9.17) is 10.5 Å². The van der Waals surface area contributed by atoms with Gasteiger partial charge in [0.25, 0.3) is 5.91 Å². The van der Waals surface area contributed by atoms with Crippen LogP contribution in [0.2, 0.25) is 0 Å². The van der Waals surface area contributed by atoms with Gasteiger partial charge in [-0.3, -0.25) is 9.59 Å². The van der Waals surface area contributed by atoms with Gasteiger partial charge in [-0.1, -0.05) is 0 Å². The fraction of sp³-hybridized carbons (Fsp3) is 0.385. The minimum atomic E-state index is -0.373. The molecule has 0 saturated heterocycles. The second kappa shape index (κ2) is 7.34. The van der Waals surface area contributed by atoms with Crippen molar-refractivity contribution in [1.82, 2.24) is 10.2 Å². The van der Waals surface area contributed by atoms with E-state index in [0.29, 0.717) is 13.2 Å². The largest absolute Gasteiger partial charge is 0.506 e. The number of ether oxygens (including phenoxy) is 1. The molecule has 0 aromatic heterocycles. The average molecular weight is 281 g/mol. The molecule has 7 heteroatoms. The van der Waals surface area contributed by atoms with E-state index in [1.165, 1.54) is 37.3 Å². The first kappa shape index (κ1) is 15.8. The first-order valence-electron chi connectivity index (χ1n) is 6.05. The molecular weight excluding hydrogens is 262 g/mol. The van der Waals surface area contributed by atoms with E-state index in [1.807, 2.05) is 0 Å². The Morgan fingerprint density at radius 1 is 1.45 bits per heavy atom. The molecular formula is C13H19N3O4. The van der Waals surface area contributed by atoms with Gasteiger partial charge in [-0.25, -0.2) is 0 Å². The van der Waals surface area contributed by atoms with Crippen LogP contribution < -0.4 is 11.1 Å². The molecule has 0 saturated carbocycles. The smallest absolute Gasteiger partial charge is 0.254 e. The summed E-state index contributed by atoms with van der Waals surface area (Å²) in [5.74, 6) is -0.812. The van der Waals surface area contributed by atoms with Gasteiger partial charge in [0.15, 0.2) is 0 Å². The fourth-order valence-electron chi connectivity index (χ4n) is 1.53. The van der Waals surface area contributed by atoms with E-state index in [1.54, 1.807) is 0 Å². The van der Waals surface area contributed by atoms with E-state index in [2.05, 4.69) is 5.32 Å². The van der Waals surface area contributed by atoms with Gasteiger partial charge >= 0.3 is 0 Å².